The Labute approximate surface area is 142 Å². The number of carbonyl (C=O) groups excluding carboxylic acids is 1. The highest BCUT2D eigenvalue weighted by atomic mass is 16.5. The molecule has 1 spiro atoms. The Morgan fingerprint density at radius 1 is 1.46 bits per heavy atom. The molecule has 0 aromatic heterocycles. The molecule has 4 atom stereocenters. The lowest BCUT2D eigenvalue weighted by atomic mass is 9.74. The molecule has 4 aliphatic heterocycles. The number of anilines is 1. The highest BCUT2D eigenvalue weighted by Gasteiger charge is 2.63. The van der Waals surface area contributed by atoms with Crippen molar-refractivity contribution in [2.45, 2.75) is 37.4 Å². The van der Waals surface area contributed by atoms with Gasteiger partial charge >= 0.3 is 0 Å². The van der Waals surface area contributed by atoms with E-state index < -0.39 is 0 Å². The fourth-order valence-electron chi connectivity index (χ4n) is 5.45. The van der Waals surface area contributed by atoms with Crippen LogP contribution < -0.4 is 5.32 Å². The fraction of sp³-hybridized carbons (Fsp3) is 0.632. The summed E-state index contributed by atoms with van der Waals surface area (Å²) in [5.41, 5.74) is 2.86. The number of rotatable bonds is 2. The number of hydrogen-bond donors (Lipinski definition) is 2. The van der Waals surface area contributed by atoms with Gasteiger partial charge in [0, 0.05) is 31.5 Å². The van der Waals surface area contributed by atoms with Crippen LogP contribution in [0.5, 0.6) is 0 Å². The zero-order valence-electron chi connectivity index (χ0n) is 13.8. The van der Waals surface area contributed by atoms with Gasteiger partial charge in [-0.3, -0.25) is 4.79 Å². The van der Waals surface area contributed by atoms with Crippen LogP contribution in [0.25, 0.3) is 0 Å². The lowest BCUT2D eigenvalue weighted by molar-refractivity contribution is 0.00155. The SMILES string of the molecule is O=C(c1cccc2c1NCCC2)N1C[C@H]2[C@@H](CO)[C@@H]3CC[C@@]2(C1)O3. The first-order chi connectivity index (χ1) is 11.7. The van der Waals surface area contributed by atoms with Gasteiger partial charge in [-0.25, -0.2) is 0 Å². The van der Waals surface area contributed by atoms with Crippen molar-refractivity contribution in [3.05, 3.63) is 29.3 Å². The van der Waals surface area contributed by atoms with E-state index in [1.165, 1.54) is 5.56 Å². The second-order valence-corrected chi connectivity index (χ2v) is 7.77. The van der Waals surface area contributed by atoms with E-state index in [9.17, 15) is 9.90 Å². The van der Waals surface area contributed by atoms with Crippen molar-refractivity contribution in [2.24, 2.45) is 11.8 Å². The van der Waals surface area contributed by atoms with Gasteiger partial charge in [-0.1, -0.05) is 12.1 Å². The predicted octanol–water partition coefficient (Wildman–Crippen LogP) is 1.66. The molecule has 1 aromatic rings. The van der Waals surface area contributed by atoms with Crippen LogP contribution in [-0.4, -0.2) is 53.9 Å². The second-order valence-electron chi connectivity index (χ2n) is 7.77. The van der Waals surface area contributed by atoms with Gasteiger partial charge in [-0.2, -0.15) is 0 Å². The number of fused-ring (bicyclic) bond motifs is 2. The number of carbonyl (C=O) groups is 1. The summed E-state index contributed by atoms with van der Waals surface area (Å²) in [5, 5.41) is 13.2. The van der Waals surface area contributed by atoms with Crippen LogP contribution in [0.4, 0.5) is 5.69 Å². The minimum atomic E-state index is -0.198. The topological polar surface area (TPSA) is 61.8 Å². The summed E-state index contributed by atoms with van der Waals surface area (Å²) in [4.78, 5) is 15.1. The van der Waals surface area contributed by atoms with Crippen molar-refractivity contribution in [1.82, 2.24) is 4.90 Å². The predicted molar refractivity (Wildman–Crippen MR) is 90.1 cm³/mol. The molecule has 24 heavy (non-hydrogen) atoms. The van der Waals surface area contributed by atoms with E-state index in [0.717, 1.165) is 43.5 Å². The molecule has 4 aliphatic rings. The van der Waals surface area contributed by atoms with E-state index in [0.29, 0.717) is 13.1 Å². The van der Waals surface area contributed by atoms with E-state index in [1.807, 2.05) is 17.0 Å². The summed E-state index contributed by atoms with van der Waals surface area (Å²) >= 11 is 0. The third kappa shape index (κ3) is 1.91. The smallest absolute Gasteiger partial charge is 0.256 e. The standard InChI is InChI=1S/C19H24N2O3/c22-10-14-15-9-21(11-19(15)7-6-16(14)24-19)18(23)13-5-1-3-12-4-2-8-20-17(12)13/h1,3,5,14-16,20,22H,2,4,6-11H2/t14-,15+,16+,19+/m1/s1. The monoisotopic (exact) mass is 328 g/mol. The molecule has 0 aliphatic carbocycles. The zero-order chi connectivity index (χ0) is 16.3. The van der Waals surface area contributed by atoms with Crippen molar-refractivity contribution < 1.29 is 14.6 Å². The maximum absolute atomic E-state index is 13.2. The number of amides is 1. The molecule has 2 bridgehead atoms. The maximum Gasteiger partial charge on any atom is 0.256 e. The van der Waals surface area contributed by atoms with E-state index in [-0.39, 0.29) is 36.1 Å². The van der Waals surface area contributed by atoms with Crippen LogP contribution in [0, 0.1) is 11.8 Å². The molecular formula is C19H24N2O3. The number of aliphatic hydroxyl groups excluding tert-OH is 1. The first-order valence-electron chi connectivity index (χ1n) is 9.15. The van der Waals surface area contributed by atoms with Crippen LogP contribution in [0.2, 0.25) is 0 Å². The molecule has 1 aromatic carbocycles. The Hall–Kier alpha value is -1.59. The van der Waals surface area contributed by atoms with E-state index >= 15 is 0 Å². The molecule has 3 saturated heterocycles. The largest absolute Gasteiger partial charge is 0.396 e. The highest BCUT2D eigenvalue weighted by Crippen LogP contribution is 2.54. The summed E-state index contributed by atoms with van der Waals surface area (Å²) in [5.74, 6) is 0.589. The van der Waals surface area contributed by atoms with Crippen LogP contribution in [0.1, 0.15) is 35.2 Å². The Morgan fingerprint density at radius 2 is 2.38 bits per heavy atom. The summed E-state index contributed by atoms with van der Waals surface area (Å²) in [6.45, 7) is 2.49. The average Bonchev–Trinajstić information content (AvgIpc) is 3.28. The quantitative estimate of drug-likeness (QED) is 0.867. The molecule has 0 saturated carbocycles. The Kier molecular flexibility index (Phi) is 3.19. The number of para-hydroxylation sites is 1. The summed E-state index contributed by atoms with van der Waals surface area (Å²) in [6.07, 6.45) is 4.39. The van der Waals surface area contributed by atoms with Crippen molar-refractivity contribution in [1.29, 1.82) is 0 Å². The average molecular weight is 328 g/mol. The molecule has 3 fully saturated rings. The summed E-state index contributed by atoms with van der Waals surface area (Å²) in [7, 11) is 0. The van der Waals surface area contributed by atoms with Crippen molar-refractivity contribution in [3.8, 4) is 0 Å². The number of nitrogens with one attached hydrogen (secondary N) is 1. The Morgan fingerprint density at radius 3 is 3.25 bits per heavy atom. The zero-order valence-corrected chi connectivity index (χ0v) is 13.8. The van der Waals surface area contributed by atoms with E-state index in [4.69, 9.17) is 4.74 Å². The van der Waals surface area contributed by atoms with Gasteiger partial charge in [0.1, 0.15) is 0 Å². The molecule has 5 nitrogen and oxygen atoms in total. The number of benzene rings is 1. The maximum atomic E-state index is 13.2. The van der Waals surface area contributed by atoms with Crippen molar-refractivity contribution in [2.75, 3.05) is 31.6 Å². The van der Waals surface area contributed by atoms with Gasteiger partial charge in [0.2, 0.25) is 0 Å². The molecule has 4 heterocycles. The summed E-state index contributed by atoms with van der Waals surface area (Å²) < 4.78 is 6.25. The van der Waals surface area contributed by atoms with E-state index in [2.05, 4.69) is 11.4 Å². The first-order valence-corrected chi connectivity index (χ1v) is 9.15. The van der Waals surface area contributed by atoms with Gasteiger partial charge in [0.25, 0.3) is 5.91 Å². The fourth-order valence-corrected chi connectivity index (χ4v) is 5.45. The Bertz CT molecular complexity index is 691. The number of aliphatic hydroxyl groups is 1. The summed E-state index contributed by atoms with van der Waals surface area (Å²) in [6, 6.07) is 6.04. The first kappa shape index (κ1) is 14.7. The minimum absolute atomic E-state index is 0.105. The number of aryl methyl sites for hydroxylation is 1. The molecule has 1 amide bonds. The van der Waals surface area contributed by atoms with Crippen LogP contribution in [0.15, 0.2) is 18.2 Å². The molecule has 0 radical (unpaired) electrons. The van der Waals surface area contributed by atoms with Gasteiger partial charge in [0.05, 0.1) is 29.5 Å². The number of hydrogen-bond acceptors (Lipinski definition) is 4. The van der Waals surface area contributed by atoms with E-state index in [1.54, 1.807) is 0 Å². The van der Waals surface area contributed by atoms with Crippen LogP contribution >= 0.6 is 0 Å². The van der Waals surface area contributed by atoms with Crippen molar-refractivity contribution in [3.63, 3.8) is 0 Å². The third-order valence-electron chi connectivity index (χ3n) is 6.59. The van der Waals surface area contributed by atoms with Gasteiger partial charge in [-0.15, -0.1) is 0 Å². The van der Waals surface area contributed by atoms with Gasteiger partial charge in [-0.05, 0) is 37.3 Å². The number of nitrogens with zero attached hydrogens (tertiary/aromatic N) is 1. The molecular weight excluding hydrogens is 304 g/mol. The highest BCUT2D eigenvalue weighted by molar-refractivity contribution is 6.00. The third-order valence-corrected chi connectivity index (χ3v) is 6.59. The second kappa shape index (κ2) is 5.20. The lowest BCUT2D eigenvalue weighted by Crippen LogP contribution is -2.38. The number of ether oxygens (including phenoxy) is 1. The minimum Gasteiger partial charge on any atom is -0.396 e. The van der Waals surface area contributed by atoms with Crippen LogP contribution in [0.3, 0.4) is 0 Å². The molecule has 5 heteroatoms. The molecule has 5 rings (SSSR count). The molecule has 2 N–H and O–H groups in total. The van der Waals surface area contributed by atoms with Crippen molar-refractivity contribution >= 4 is 11.6 Å². The molecule has 0 unspecified atom stereocenters. The van der Waals surface area contributed by atoms with Gasteiger partial charge < -0.3 is 20.1 Å². The van der Waals surface area contributed by atoms with Crippen LogP contribution in [-0.2, 0) is 11.2 Å². The lowest BCUT2D eigenvalue weighted by Gasteiger charge is -2.27. The normalized spacial score (nSPS) is 36.4. The molecule has 128 valence electrons. The number of likely N-dealkylation sites (tertiary alicyclic amines) is 1. The Balaban J connectivity index is 1.44. The van der Waals surface area contributed by atoms with Gasteiger partial charge in [0.15, 0.2) is 0 Å².